The lowest BCUT2D eigenvalue weighted by atomic mass is 9.94. The van der Waals surface area contributed by atoms with Crippen molar-refractivity contribution in [3.05, 3.63) is 28.6 Å². The molecule has 104 valence electrons. The molecule has 0 amide bonds. The van der Waals surface area contributed by atoms with Gasteiger partial charge in [0.05, 0.1) is 4.92 Å². The molecule has 0 aromatic carbocycles. The van der Waals surface area contributed by atoms with Crippen LogP contribution in [0.1, 0.15) is 19.3 Å². The quantitative estimate of drug-likeness (QED) is 0.651. The molecule has 1 saturated heterocycles. The maximum absolute atomic E-state index is 10.8. The zero-order valence-electron chi connectivity index (χ0n) is 11.2. The Labute approximate surface area is 113 Å². The van der Waals surface area contributed by atoms with Gasteiger partial charge < -0.3 is 10.2 Å². The summed E-state index contributed by atoms with van der Waals surface area (Å²) in [6.45, 7) is 3.08. The van der Waals surface area contributed by atoms with Crippen molar-refractivity contribution in [2.75, 3.05) is 32.0 Å². The van der Waals surface area contributed by atoms with Gasteiger partial charge in [-0.3, -0.25) is 15.1 Å². The fourth-order valence-electron chi connectivity index (χ4n) is 2.44. The second-order valence-corrected chi connectivity index (χ2v) is 5.11. The van der Waals surface area contributed by atoms with Gasteiger partial charge in [0.2, 0.25) is 0 Å². The predicted molar refractivity (Wildman–Crippen MR) is 74.2 cm³/mol. The summed E-state index contributed by atoms with van der Waals surface area (Å²) < 4.78 is 0. The number of anilines is 1. The van der Waals surface area contributed by atoms with Crippen molar-refractivity contribution in [1.82, 2.24) is 9.88 Å². The molecule has 1 aliphatic rings. The number of aromatic nitrogens is 1. The molecule has 0 unspecified atom stereocenters. The minimum atomic E-state index is -0.398. The maximum atomic E-state index is 10.8. The first-order valence-electron chi connectivity index (χ1n) is 6.67. The zero-order valence-corrected chi connectivity index (χ0v) is 11.2. The fraction of sp³-hybridized carbons (Fsp3) is 0.615. The van der Waals surface area contributed by atoms with Crippen molar-refractivity contribution in [2.45, 2.75) is 19.3 Å². The van der Waals surface area contributed by atoms with E-state index in [2.05, 4.69) is 22.2 Å². The lowest BCUT2D eigenvalue weighted by molar-refractivity contribution is -0.384. The Hall–Kier alpha value is -1.69. The average Bonchev–Trinajstić information content (AvgIpc) is 2.41. The Balaban J connectivity index is 1.81. The molecule has 6 heteroatoms. The zero-order chi connectivity index (χ0) is 13.7. The van der Waals surface area contributed by atoms with Crippen molar-refractivity contribution in [3.8, 4) is 0 Å². The lowest BCUT2D eigenvalue weighted by Crippen LogP contribution is -2.30. The van der Waals surface area contributed by atoms with Gasteiger partial charge in [-0.1, -0.05) is 0 Å². The van der Waals surface area contributed by atoms with Gasteiger partial charge >= 0.3 is 5.69 Å². The molecule has 2 heterocycles. The summed E-state index contributed by atoms with van der Waals surface area (Å²) in [5.74, 6) is 0.726. The smallest absolute Gasteiger partial charge is 0.310 e. The predicted octanol–water partition coefficient (Wildman–Crippen LogP) is 2.13. The van der Waals surface area contributed by atoms with E-state index in [1.807, 2.05) is 0 Å². The summed E-state index contributed by atoms with van der Waals surface area (Å²) in [6, 6.07) is 1.66. The van der Waals surface area contributed by atoms with Crippen LogP contribution < -0.4 is 5.32 Å². The number of likely N-dealkylation sites (tertiary alicyclic amines) is 1. The normalized spacial score (nSPS) is 17.3. The number of hydrogen-bond donors (Lipinski definition) is 1. The molecule has 0 bridgehead atoms. The van der Waals surface area contributed by atoms with Gasteiger partial charge in [-0.05, 0) is 51.4 Å². The van der Waals surface area contributed by atoms with Crippen LogP contribution in [-0.2, 0) is 0 Å². The second-order valence-electron chi connectivity index (χ2n) is 5.11. The Kier molecular flexibility index (Phi) is 4.68. The van der Waals surface area contributed by atoms with Gasteiger partial charge in [-0.2, -0.15) is 0 Å². The Bertz CT molecular complexity index is 430. The monoisotopic (exact) mass is 264 g/mol. The summed E-state index contributed by atoms with van der Waals surface area (Å²) >= 11 is 0. The highest BCUT2D eigenvalue weighted by molar-refractivity contribution is 5.59. The van der Waals surface area contributed by atoms with Gasteiger partial charge in [-0.15, -0.1) is 0 Å². The van der Waals surface area contributed by atoms with Crippen LogP contribution in [0.4, 0.5) is 11.4 Å². The Morgan fingerprint density at radius 2 is 2.26 bits per heavy atom. The molecule has 6 nitrogen and oxygen atoms in total. The maximum Gasteiger partial charge on any atom is 0.310 e. The molecular weight excluding hydrogens is 244 g/mol. The number of hydrogen-bond acceptors (Lipinski definition) is 5. The van der Waals surface area contributed by atoms with Crippen LogP contribution in [0.25, 0.3) is 0 Å². The third-order valence-electron chi connectivity index (χ3n) is 3.70. The van der Waals surface area contributed by atoms with E-state index in [0.29, 0.717) is 5.69 Å². The van der Waals surface area contributed by atoms with E-state index in [1.165, 1.54) is 19.0 Å². The fourth-order valence-corrected chi connectivity index (χ4v) is 2.44. The molecule has 0 saturated carbocycles. The number of nitrogens with one attached hydrogen (secondary N) is 1. The molecular formula is C13H20N4O2. The first kappa shape index (κ1) is 13.7. The van der Waals surface area contributed by atoms with Gasteiger partial charge in [0.1, 0.15) is 11.9 Å². The molecule has 19 heavy (non-hydrogen) atoms. The number of nitro groups is 1. The van der Waals surface area contributed by atoms with E-state index in [1.54, 1.807) is 12.3 Å². The first-order chi connectivity index (χ1) is 9.16. The van der Waals surface area contributed by atoms with Crippen molar-refractivity contribution >= 4 is 11.4 Å². The SMILES string of the molecule is CN1CCC(CCNc2ccncc2[N+](=O)[O-])CC1. The summed E-state index contributed by atoms with van der Waals surface area (Å²) in [4.78, 5) is 16.6. The molecule has 0 radical (unpaired) electrons. The largest absolute Gasteiger partial charge is 0.379 e. The second kappa shape index (κ2) is 6.47. The van der Waals surface area contributed by atoms with Crippen LogP contribution >= 0.6 is 0 Å². The standard InChI is InChI=1S/C13H20N4O2/c1-16-8-4-11(5-9-16)2-7-15-12-3-6-14-10-13(12)17(18)19/h3,6,10-11H,2,4-5,7-9H2,1H3,(H,14,15). The minimum absolute atomic E-state index is 0.0471. The number of nitrogens with zero attached hydrogens (tertiary/aromatic N) is 3. The molecule has 0 atom stereocenters. The van der Waals surface area contributed by atoms with Crippen LogP contribution in [0, 0.1) is 16.0 Å². The van der Waals surface area contributed by atoms with Gasteiger partial charge in [0.15, 0.2) is 0 Å². The molecule has 1 aromatic rings. The topological polar surface area (TPSA) is 71.3 Å². The van der Waals surface area contributed by atoms with Gasteiger partial charge in [0, 0.05) is 12.7 Å². The molecule has 0 spiro atoms. The van der Waals surface area contributed by atoms with E-state index in [0.717, 1.165) is 32.0 Å². The van der Waals surface area contributed by atoms with Crippen LogP contribution in [-0.4, -0.2) is 41.5 Å². The molecule has 1 N–H and O–H groups in total. The van der Waals surface area contributed by atoms with E-state index in [4.69, 9.17) is 0 Å². The van der Waals surface area contributed by atoms with Crippen LogP contribution in [0.15, 0.2) is 18.5 Å². The van der Waals surface area contributed by atoms with Gasteiger partial charge in [-0.25, -0.2) is 0 Å². The minimum Gasteiger partial charge on any atom is -0.379 e. The molecule has 2 rings (SSSR count). The third kappa shape index (κ3) is 3.89. The number of rotatable bonds is 5. The first-order valence-corrected chi connectivity index (χ1v) is 6.67. The Morgan fingerprint density at radius 3 is 2.95 bits per heavy atom. The summed E-state index contributed by atoms with van der Waals surface area (Å²) in [7, 11) is 2.15. The Morgan fingerprint density at radius 1 is 1.53 bits per heavy atom. The van der Waals surface area contributed by atoms with Crippen LogP contribution in [0.2, 0.25) is 0 Å². The van der Waals surface area contributed by atoms with Crippen LogP contribution in [0.3, 0.4) is 0 Å². The number of piperidine rings is 1. The van der Waals surface area contributed by atoms with E-state index in [-0.39, 0.29) is 5.69 Å². The molecule has 1 fully saturated rings. The van der Waals surface area contributed by atoms with E-state index in [9.17, 15) is 10.1 Å². The molecule has 1 aliphatic heterocycles. The van der Waals surface area contributed by atoms with E-state index < -0.39 is 4.92 Å². The number of pyridine rings is 1. The van der Waals surface area contributed by atoms with Crippen molar-refractivity contribution < 1.29 is 4.92 Å². The molecule has 1 aromatic heterocycles. The summed E-state index contributed by atoms with van der Waals surface area (Å²) in [6.07, 6.45) is 6.36. The molecule has 0 aliphatic carbocycles. The third-order valence-corrected chi connectivity index (χ3v) is 3.70. The highest BCUT2D eigenvalue weighted by atomic mass is 16.6. The van der Waals surface area contributed by atoms with E-state index >= 15 is 0 Å². The summed E-state index contributed by atoms with van der Waals surface area (Å²) in [5.41, 5.74) is 0.610. The van der Waals surface area contributed by atoms with Crippen molar-refractivity contribution in [1.29, 1.82) is 0 Å². The average molecular weight is 264 g/mol. The highest BCUT2D eigenvalue weighted by Crippen LogP contribution is 2.23. The van der Waals surface area contributed by atoms with Gasteiger partial charge in [0.25, 0.3) is 0 Å². The summed E-state index contributed by atoms with van der Waals surface area (Å²) in [5, 5.41) is 14.0. The van der Waals surface area contributed by atoms with Crippen molar-refractivity contribution in [2.24, 2.45) is 5.92 Å². The van der Waals surface area contributed by atoms with Crippen LogP contribution in [0.5, 0.6) is 0 Å². The van der Waals surface area contributed by atoms with Crippen molar-refractivity contribution in [3.63, 3.8) is 0 Å². The highest BCUT2D eigenvalue weighted by Gasteiger charge is 2.17. The lowest BCUT2D eigenvalue weighted by Gasteiger charge is -2.28.